The van der Waals surface area contributed by atoms with Gasteiger partial charge in [-0.3, -0.25) is 0 Å². The maximum absolute atomic E-state index is 5.86. The highest BCUT2D eigenvalue weighted by Crippen LogP contribution is 2.22. The number of benzene rings is 1. The Morgan fingerprint density at radius 1 is 1.20 bits per heavy atom. The zero-order valence-electron chi connectivity index (χ0n) is 13.8. The molecule has 2 nitrogen and oxygen atoms in total. The first-order valence-electron chi connectivity index (χ1n) is 7.83. The molecule has 1 atom stereocenters. The molecule has 0 amide bonds. The summed E-state index contributed by atoms with van der Waals surface area (Å²) in [6, 6.07) is 8.83. The van der Waals surface area contributed by atoms with Crippen molar-refractivity contribution in [3.63, 3.8) is 0 Å². The van der Waals surface area contributed by atoms with Crippen LogP contribution in [0.25, 0.3) is 0 Å². The number of aryl methyl sites for hydroxylation is 1. The molecule has 1 aromatic rings. The third-order valence-corrected chi connectivity index (χ3v) is 3.46. The van der Waals surface area contributed by atoms with Gasteiger partial charge in [0.05, 0.1) is 6.61 Å². The maximum Gasteiger partial charge on any atom is 0.119 e. The molecule has 1 rings (SSSR count). The summed E-state index contributed by atoms with van der Waals surface area (Å²) in [5.74, 6) is 0.982. The van der Waals surface area contributed by atoms with E-state index < -0.39 is 0 Å². The summed E-state index contributed by atoms with van der Waals surface area (Å²) in [5.41, 5.74) is 1.66. The second kappa shape index (κ2) is 8.31. The van der Waals surface area contributed by atoms with Crippen LogP contribution in [0, 0.1) is 12.3 Å². The molecule has 1 N–H and O–H groups in total. The normalized spacial score (nSPS) is 13.2. The average Bonchev–Trinajstić information content (AvgIpc) is 2.35. The molecule has 2 heteroatoms. The van der Waals surface area contributed by atoms with Crippen LogP contribution >= 0.6 is 0 Å². The Labute approximate surface area is 124 Å². The van der Waals surface area contributed by atoms with E-state index in [1.165, 1.54) is 18.4 Å². The van der Waals surface area contributed by atoms with E-state index in [1.54, 1.807) is 0 Å². The van der Waals surface area contributed by atoms with Crippen molar-refractivity contribution in [3.8, 4) is 5.75 Å². The van der Waals surface area contributed by atoms with Crippen molar-refractivity contribution >= 4 is 0 Å². The van der Waals surface area contributed by atoms with Crippen molar-refractivity contribution in [2.45, 2.75) is 59.9 Å². The molecule has 0 fully saturated rings. The van der Waals surface area contributed by atoms with Gasteiger partial charge in [-0.1, -0.05) is 39.8 Å². The lowest BCUT2D eigenvalue weighted by Gasteiger charge is -2.24. The van der Waals surface area contributed by atoms with Gasteiger partial charge < -0.3 is 10.1 Å². The Bertz CT molecular complexity index is 381. The lowest BCUT2D eigenvalue weighted by atomic mass is 9.88. The molecule has 0 aliphatic carbocycles. The van der Waals surface area contributed by atoms with Crippen molar-refractivity contribution in [1.29, 1.82) is 0 Å². The van der Waals surface area contributed by atoms with Crippen LogP contribution in [0.2, 0.25) is 0 Å². The Balaban J connectivity index is 2.35. The van der Waals surface area contributed by atoms with Crippen LogP contribution in [-0.4, -0.2) is 19.2 Å². The van der Waals surface area contributed by atoms with Crippen LogP contribution in [0.4, 0.5) is 0 Å². The van der Waals surface area contributed by atoms with E-state index in [-0.39, 0.29) is 0 Å². The highest BCUT2D eigenvalue weighted by atomic mass is 16.5. The van der Waals surface area contributed by atoms with E-state index in [9.17, 15) is 0 Å². The van der Waals surface area contributed by atoms with Crippen molar-refractivity contribution in [2.75, 3.05) is 13.2 Å². The third kappa shape index (κ3) is 7.54. The van der Waals surface area contributed by atoms with Crippen molar-refractivity contribution in [3.05, 3.63) is 29.8 Å². The summed E-state index contributed by atoms with van der Waals surface area (Å²) in [7, 11) is 0. The number of rotatable bonds is 8. The Morgan fingerprint density at radius 3 is 2.55 bits per heavy atom. The van der Waals surface area contributed by atoms with Crippen LogP contribution < -0.4 is 10.1 Å². The molecule has 0 saturated carbocycles. The zero-order valence-corrected chi connectivity index (χ0v) is 13.8. The summed E-state index contributed by atoms with van der Waals surface area (Å²) in [6.07, 6.45) is 3.53. The first kappa shape index (κ1) is 17.0. The second-order valence-electron chi connectivity index (χ2n) is 6.81. The molecule has 0 radical (unpaired) electrons. The van der Waals surface area contributed by atoms with Gasteiger partial charge in [0.1, 0.15) is 5.75 Å². The van der Waals surface area contributed by atoms with Crippen LogP contribution in [0.1, 0.15) is 52.5 Å². The molecule has 0 aliphatic heterocycles. The van der Waals surface area contributed by atoms with Gasteiger partial charge >= 0.3 is 0 Å². The maximum atomic E-state index is 5.86. The highest BCUT2D eigenvalue weighted by molar-refractivity contribution is 5.27. The number of nitrogens with one attached hydrogen (secondary N) is 1. The van der Waals surface area contributed by atoms with Gasteiger partial charge in [0.25, 0.3) is 0 Å². The average molecular weight is 277 g/mol. The smallest absolute Gasteiger partial charge is 0.119 e. The minimum Gasteiger partial charge on any atom is -0.494 e. The fraction of sp³-hybridized carbons (Fsp3) is 0.667. The highest BCUT2D eigenvalue weighted by Gasteiger charge is 2.14. The van der Waals surface area contributed by atoms with Crippen LogP contribution in [-0.2, 0) is 0 Å². The lowest BCUT2D eigenvalue weighted by Crippen LogP contribution is -2.31. The SMILES string of the molecule is CCNC(CCOc1cccc(C)c1)CCC(C)(C)C. The first-order chi connectivity index (χ1) is 9.40. The molecule has 114 valence electrons. The molecule has 0 heterocycles. The van der Waals surface area contributed by atoms with Gasteiger partial charge in [0, 0.05) is 6.04 Å². The van der Waals surface area contributed by atoms with Crippen molar-refractivity contribution in [1.82, 2.24) is 5.32 Å². The zero-order chi connectivity index (χ0) is 15.0. The molecule has 0 saturated heterocycles. The standard InChI is InChI=1S/C18H31NO/c1-6-19-16(10-12-18(3,4)5)11-13-20-17-9-7-8-15(2)14-17/h7-9,14,16,19H,6,10-13H2,1-5H3. The largest absolute Gasteiger partial charge is 0.494 e. The van der Waals surface area contributed by atoms with Gasteiger partial charge in [-0.25, -0.2) is 0 Å². The molecule has 0 aromatic heterocycles. The lowest BCUT2D eigenvalue weighted by molar-refractivity contribution is 0.264. The van der Waals surface area contributed by atoms with Crippen molar-refractivity contribution < 1.29 is 4.74 Å². The fourth-order valence-electron chi connectivity index (χ4n) is 2.27. The monoisotopic (exact) mass is 277 g/mol. The molecule has 0 bridgehead atoms. The predicted molar refractivity (Wildman–Crippen MR) is 87.4 cm³/mol. The second-order valence-corrected chi connectivity index (χ2v) is 6.81. The summed E-state index contributed by atoms with van der Waals surface area (Å²) in [5, 5.41) is 3.57. The number of hydrogen-bond acceptors (Lipinski definition) is 2. The predicted octanol–water partition coefficient (Wildman–Crippen LogP) is 4.57. The quantitative estimate of drug-likeness (QED) is 0.751. The summed E-state index contributed by atoms with van der Waals surface area (Å²) in [4.78, 5) is 0. The van der Waals surface area contributed by atoms with E-state index >= 15 is 0 Å². The molecule has 20 heavy (non-hydrogen) atoms. The minimum absolute atomic E-state index is 0.408. The van der Waals surface area contributed by atoms with Crippen molar-refractivity contribution in [2.24, 2.45) is 5.41 Å². The van der Waals surface area contributed by atoms with Gasteiger partial charge in [0.2, 0.25) is 0 Å². The first-order valence-corrected chi connectivity index (χ1v) is 7.83. The Morgan fingerprint density at radius 2 is 1.95 bits per heavy atom. The minimum atomic E-state index is 0.408. The van der Waals surface area contributed by atoms with Crippen LogP contribution in [0.15, 0.2) is 24.3 Å². The number of ether oxygens (including phenoxy) is 1. The van der Waals surface area contributed by atoms with E-state index in [1.807, 2.05) is 12.1 Å². The van der Waals surface area contributed by atoms with Gasteiger partial charge in [-0.2, -0.15) is 0 Å². The molecule has 1 aromatic carbocycles. The topological polar surface area (TPSA) is 21.3 Å². The molecule has 0 spiro atoms. The molecule has 0 aliphatic rings. The molecular weight excluding hydrogens is 246 g/mol. The van der Waals surface area contributed by atoms with Gasteiger partial charge in [-0.05, 0) is 55.8 Å². The fourth-order valence-corrected chi connectivity index (χ4v) is 2.27. The Kier molecular flexibility index (Phi) is 7.08. The van der Waals surface area contributed by atoms with E-state index in [2.05, 4.69) is 52.1 Å². The molecular formula is C18H31NO. The summed E-state index contributed by atoms with van der Waals surface area (Å²) < 4.78 is 5.86. The van der Waals surface area contributed by atoms with E-state index in [0.717, 1.165) is 25.3 Å². The van der Waals surface area contributed by atoms with Crippen LogP contribution in [0.3, 0.4) is 0 Å². The summed E-state index contributed by atoms with van der Waals surface area (Å²) in [6.45, 7) is 13.0. The Hall–Kier alpha value is -1.02. The van der Waals surface area contributed by atoms with E-state index in [4.69, 9.17) is 4.74 Å². The summed E-state index contributed by atoms with van der Waals surface area (Å²) >= 11 is 0. The van der Waals surface area contributed by atoms with Gasteiger partial charge in [0.15, 0.2) is 0 Å². The third-order valence-electron chi connectivity index (χ3n) is 3.46. The van der Waals surface area contributed by atoms with Gasteiger partial charge in [-0.15, -0.1) is 0 Å². The molecule has 1 unspecified atom stereocenters. The van der Waals surface area contributed by atoms with E-state index in [0.29, 0.717) is 11.5 Å². The van der Waals surface area contributed by atoms with Crippen LogP contribution in [0.5, 0.6) is 5.75 Å². The number of hydrogen-bond donors (Lipinski definition) is 1.